The fourth-order valence-electron chi connectivity index (χ4n) is 1.95. The van der Waals surface area contributed by atoms with Gasteiger partial charge >= 0.3 is 0 Å². The minimum atomic E-state index is -0.459. The van der Waals surface area contributed by atoms with Gasteiger partial charge in [-0.15, -0.1) is 0 Å². The maximum atomic E-state index is 13.7. The van der Waals surface area contributed by atoms with Crippen molar-refractivity contribution < 1.29 is 9.13 Å². The first-order valence-electron chi connectivity index (χ1n) is 5.81. The number of nitrogens with one attached hydrogen (secondary N) is 1. The van der Waals surface area contributed by atoms with Crippen LogP contribution in [0.15, 0.2) is 18.2 Å². The topological polar surface area (TPSA) is 45.0 Å². The van der Waals surface area contributed by atoms with Gasteiger partial charge in [0.1, 0.15) is 11.9 Å². The van der Waals surface area contributed by atoms with Crippen molar-refractivity contribution in [3.8, 4) is 6.07 Å². The lowest BCUT2D eigenvalue weighted by Gasteiger charge is -2.23. The number of hydrogen-bond acceptors (Lipinski definition) is 3. The molecule has 1 aromatic rings. The smallest absolute Gasteiger partial charge is 0.146 e. The Hall–Kier alpha value is -1.44. The van der Waals surface area contributed by atoms with E-state index in [2.05, 4.69) is 5.32 Å². The van der Waals surface area contributed by atoms with Crippen LogP contribution in [-0.4, -0.2) is 19.2 Å². The highest BCUT2D eigenvalue weighted by Gasteiger charge is 2.14. The van der Waals surface area contributed by atoms with Crippen molar-refractivity contribution in [3.63, 3.8) is 0 Å². The molecule has 0 bridgehead atoms. The summed E-state index contributed by atoms with van der Waals surface area (Å²) in [7, 11) is 0. The van der Waals surface area contributed by atoms with Crippen molar-refractivity contribution in [2.75, 3.05) is 13.1 Å². The molecule has 1 aliphatic heterocycles. The van der Waals surface area contributed by atoms with Crippen molar-refractivity contribution in [1.29, 1.82) is 5.26 Å². The Morgan fingerprint density at radius 1 is 1.53 bits per heavy atom. The molecule has 1 fully saturated rings. The molecule has 3 nitrogen and oxygen atoms in total. The van der Waals surface area contributed by atoms with E-state index in [1.54, 1.807) is 12.1 Å². The molecule has 0 radical (unpaired) electrons. The number of nitrogens with zero attached hydrogens (tertiary/aromatic N) is 1. The average molecular weight is 234 g/mol. The van der Waals surface area contributed by atoms with Gasteiger partial charge in [-0.3, -0.25) is 0 Å². The normalized spacial score (nSPS) is 19.9. The summed E-state index contributed by atoms with van der Waals surface area (Å²) in [6, 6.07) is 6.64. The van der Waals surface area contributed by atoms with Crippen molar-refractivity contribution in [2.24, 2.45) is 0 Å². The molecule has 90 valence electrons. The summed E-state index contributed by atoms with van der Waals surface area (Å²) in [6.45, 7) is 2.07. The summed E-state index contributed by atoms with van der Waals surface area (Å²) in [5, 5.41) is 12.0. The Balaban J connectivity index is 1.96. The second-order valence-electron chi connectivity index (χ2n) is 4.17. The van der Waals surface area contributed by atoms with E-state index in [1.807, 2.05) is 6.07 Å². The first-order valence-corrected chi connectivity index (χ1v) is 5.81. The maximum Gasteiger partial charge on any atom is 0.146 e. The molecule has 4 heteroatoms. The van der Waals surface area contributed by atoms with Crippen molar-refractivity contribution >= 4 is 0 Å². The molecule has 2 rings (SSSR count). The first kappa shape index (κ1) is 12.0. The summed E-state index contributed by atoms with van der Waals surface area (Å²) in [5.74, 6) is -0.459. The minimum Gasteiger partial charge on any atom is -0.372 e. The molecule has 1 heterocycles. The Morgan fingerprint density at radius 3 is 3.12 bits per heavy atom. The van der Waals surface area contributed by atoms with E-state index < -0.39 is 5.82 Å². The Bertz CT molecular complexity index is 422. The molecule has 0 saturated carbocycles. The van der Waals surface area contributed by atoms with Crippen LogP contribution in [0.2, 0.25) is 0 Å². The van der Waals surface area contributed by atoms with E-state index in [4.69, 9.17) is 10.00 Å². The lowest BCUT2D eigenvalue weighted by molar-refractivity contribution is 0.0239. The zero-order chi connectivity index (χ0) is 12.1. The van der Waals surface area contributed by atoms with Gasteiger partial charge in [-0.05, 0) is 25.5 Å². The predicted molar refractivity (Wildman–Crippen MR) is 61.8 cm³/mol. The zero-order valence-corrected chi connectivity index (χ0v) is 9.58. The van der Waals surface area contributed by atoms with E-state index in [1.165, 1.54) is 6.07 Å². The van der Waals surface area contributed by atoms with Crippen molar-refractivity contribution in [2.45, 2.75) is 25.6 Å². The van der Waals surface area contributed by atoms with Crippen LogP contribution < -0.4 is 5.32 Å². The molecule has 0 aliphatic carbocycles. The third-order valence-electron chi connectivity index (χ3n) is 2.93. The number of rotatable bonds is 3. The zero-order valence-electron chi connectivity index (χ0n) is 9.58. The Labute approximate surface area is 100 Å². The van der Waals surface area contributed by atoms with E-state index in [0.717, 1.165) is 25.9 Å². The van der Waals surface area contributed by atoms with Crippen LogP contribution in [0.25, 0.3) is 0 Å². The highest BCUT2D eigenvalue weighted by Crippen LogP contribution is 2.15. The molecule has 1 aliphatic rings. The van der Waals surface area contributed by atoms with E-state index in [0.29, 0.717) is 5.56 Å². The molecule has 1 saturated heterocycles. The van der Waals surface area contributed by atoms with Gasteiger partial charge in [-0.2, -0.15) is 5.26 Å². The average Bonchev–Trinajstić information content (AvgIpc) is 2.39. The number of halogens is 1. The van der Waals surface area contributed by atoms with Crippen molar-refractivity contribution in [1.82, 2.24) is 5.32 Å². The number of benzene rings is 1. The molecule has 0 aromatic heterocycles. The molecular formula is C13H15FN2O. The maximum absolute atomic E-state index is 13.7. The summed E-state index contributed by atoms with van der Waals surface area (Å²) in [4.78, 5) is 0. The molecular weight excluding hydrogens is 219 g/mol. The van der Waals surface area contributed by atoms with Gasteiger partial charge in [0, 0.05) is 12.1 Å². The third kappa shape index (κ3) is 3.02. The molecule has 17 heavy (non-hydrogen) atoms. The van der Waals surface area contributed by atoms with Crippen LogP contribution in [0.5, 0.6) is 0 Å². The fourth-order valence-corrected chi connectivity index (χ4v) is 1.95. The second kappa shape index (κ2) is 5.76. The lowest BCUT2D eigenvalue weighted by Crippen LogP contribution is -2.35. The van der Waals surface area contributed by atoms with Gasteiger partial charge in [0.05, 0.1) is 18.3 Å². The van der Waals surface area contributed by atoms with Crippen LogP contribution in [-0.2, 0) is 11.3 Å². The monoisotopic (exact) mass is 234 g/mol. The SMILES string of the molecule is N#Cc1cccc(CO[C@H]2CCCNC2)c1F. The minimum absolute atomic E-state index is 0.0767. The number of piperidine rings is 1. The van der Waals surface area contributed by atoms with Crippen LogP contribution >= 0.6 is 0 Å². The van der Waals surface area contributed by atoms with E-state index in [-0.39, 0.29) is 18.3 Å². The number of nitriles is 1. The summed E-state index contributed by atoms with van der Waals surface area (Å²) in [5.41, 5.74) is 0.530. The summed E-state index contributed by atoms with van der Waals surface area (Å²) >= 11 is 0. The van der Waals surface area contributed by atoms with Crippen LogP contribution in [0.1, 0.15) is 24.0 Å². The van der Waals surface area contributed by atoms with Gasteiger partial charge in [0.2, 0.25) is 0 Å². The van der Waals surface area contributed by atoms with E-state index in [9.17, 15) is 4.39 Å². The number of hydrogen-bond donors (Lipinski definition) is 1. The first-order chi connectivity index (χ1) is 8.31. The summed E-state index contributed by atoms with van der Waals surface area (Å²) < 4.78 is 19.3. The molecule has 1 atom stereocenters. The third-order valence-corrected chi connectivity index (χ3v) is 2.93. The van der Waals surface area contributed by atoms with Crippen LogP contribution in [0.3, 0.4) is 0 Å². The molecule has 0 spiro atoms. The van der Waals surface area contributed by atoms with Crippen LogP contribution in [0.4, 0.5) is 4.39 Å². The highest BCUT2D eigenvalue weighted by atomic mass is 19.1. The molecule has 1 N–H and O–H groups in total. The van der Waals surface area contributed by atoms with Gasteiger partial charge in [0.15, 0.2) is 0 Å². The standard InChI is InChI=1S/C13H15FN2O/c14-13-10(7-15)3-1-4-11(13)9-17-12-5-2-6-16-8-12/h1,3-4,12,16H,2,5-6,8-9H2/t12-/m0/s1. The number of ether oxygens (including phenoxy) is 1. The Kier molecular flexibility index (Phi) is 4.08. The lowest BCUT2D eigenvalue weighted by atomic mass is 10.1. The largest absolute Gasteiger partial charge is 0.372 e. The Morgan fingerprint density at radius 2 is 2.41 bits per heavy atom. The fraction of sp³-hybridized carbons (Fsp3) is 0.462. The van der Waals surface area contributed by atoms with E-state index >= 15 is 0 Å². The van der Waals surface area contributed by atoms with Gasteiger partial charge in [-0.25, -0.2) is 4.39 Å². The molecule has 0 amide bonds. The molecule has 0 unspecified atom stereocenters. The van der Waals surface area contributed by atoms with Gasteiger partial charge < -0.3 is 10.1 Å². The highest BCUT2D eigenvalue weighted by molar-refractivity contribution is 5.34. The van der Waals surface area contributed by atoms with Gasteiger partial charge in [-0.1, -0.05) is 12.1 Å². The van der Waals surface area contributed by atoms with Crippen LogP contribution in [0, 0.1) is 17.1 Å². The quantitative estimate of drug-likeness (QED) is 0.869. The van der Waals surface area contributed by atoms with Crippen molar-refractivity contribution in [3.05, 3.63) is 35.1 Å². The second-order valence-corrected chi connectivity index (χ2v) is 4.17. The molecule has 1 aromatic carbocycles. The summed E-state index contributed by atoms with van der Waals surface area (Å²) in [6.07, 6.45) is 2.24. The van der Waals surface area contributed by atoms with Gasteiger partial charge in [0.25, 0.3) is 0 Å². The predicted octanol–water partition coefficient (Wildman–Crippen LogP) is 1.97.